The maximum Gasteiger partial charge on any atom is 0.314 e. The fraction of sp³-hybridized carbons (Fsp3) is 0.217. The number of carbonyl (C=O) groups is 1. The lowest BCUT2D eigenvalue weighted by atomic mass is 9.82. The van der Waals surface area contributed by atoms with Crippen LogP contribution in [-0.4, -0.2) is 23.2 Å². The van der Waals surface area contributed by atoms with E-state index in [0.29, 0.717) is 27.6 Å². The first-order valence-electron chi connectivity index (χ1n) is 9.16. The van der Waals surface area contributed by atoms with Crippen LogP contribution < -0.4 is 0 Å². The molecule has 2 aromatic carbocycles. The van der Waals surface area contributed by atoms with Gasteiger partial charge in [-0.05, 0) is 55.8 Å². The number of methoxy groups -OCH3 is 1. The number of aliphatic hydroxyl groups is 1. The van der Waals surface area contributed by atoms with E-state index in [4.69, 9.17) is 20.8 Å². The van der Waals surface area contributed by atoms with Gasteiger partial charge in [-0.2, -0.15) is 0 Å². The van der Waals surface area contributed by atoms with Crippen LogP contribution in [0.15, 0.2) is 59.0 Å². The van der Waals surface area contributed by atoms with Gasteiger partial charge in [0.15, 0.2) is 5.76 Å². The van der Waals surface area contributed by atoms with Crippen LogP contribution in [0.5, 0.6) is 0 Å². The first kappa shape index (κ1) is 19.4. The van der Waals surface area contributed by atoms with Gasteiger partial charge >= 0.3 is 5.97 Å². The second-order valence-corrected chi connectivity index (χ2v) is 7.99. The first-order chi connectivity index (χ1) is 13.8. The average Bonchev–Trinajstić information content (AvgIpc) is 3.15. The molecule has 0 saturated heterocycles. The Morgan fingerprint density at radius 3 is 2.62 bits per heavy atom. The number of nitrogens with zero attached hydrogens (tertiary/aromatic N) is 1. The number of rotatable bonds is 4. The van der Waals surface area contributed by atoms with Gasteiger partial charge in [0.25, 0.3) is 0 Å². The van der Waals surface area contributed by atoms with E-state index in [1.54, 1.807) is 26.0 Å². The molecule has 1 atom stereocenters. The van der Waals surface area contributed by atoms with Crippen molar-refractivity contribution in [3.63, 3.8) is 0 Å². The highest BCUT2D eigenvalue weighted by Crippen LogP contribution is 2.37. The second-order valence-electron chi connectivity index (χ2n) is 7.56. The summed E-state index contributed by atoms with van der Waals surface area (Å²) in [6.07, 6.45) is -1.02. The van der Waals surface area contributed by atoms with E-state index >= 15 is 0 Å². The maximum absolute atomic E-state index is 12.0. The van der Waals surface area contributed by atoms with Crippen molar-refractivity contribution in [3.8, 4) is 11.5 Å². The largest absolute Gasteiger partial charge is 0.469 e. The summed E-state index contributed by atoms with van der Waals surface area (Å²) < 4.78 is 10.8. The van der Waals surface area contributed by atoms with Crippen LogP contribution in [0.2, 0.25) is 5.02 Å². The van der Waals surface area contributed by atoms with Gasteiger partial charge in [0.05, 0.1) is 24.1 Å². The molecule has 148 valence electrons. The van der Waals surface area contributed by atoms with Crippen LogP contribution in [0.4, 0.5) is 0 Å². The molecule has 29 heavy (non-hydrogen) atoms. The fourth-order valence-corrected chi connectivity index (χ4v) is 3.54. The summed E-state index contributed by atoms with van der Waals surface area (Å²) in [5, 5.41) is 13.1. The highest BCUT2D eigenvalue weighted by molar-refractivity contribution is 6.31. The van der Waals surface area contributed by atoms with Crippen molar-refractivity contribution in [1.29, 1.82) is 0 Å². The summed E-state index contributed by atoms with van der Waals surface area (Å²) >= 11 is 6.08. The third-order valence-corrected chi connectivity index (χ3v) is 5.39. The van der Waals surface area contributed by atoms with Gasteiger partial charge < -0.3 is 14.3 Å². The van der Waals surface area contributed by atoms with Gasteiger partial charge in [-0.3, -0.25) is 4.79 Å². The Kier molecular flexibility index (Phi) is 4.81. The van der Waals surface area contributed by atoms with E-state index < -0.39 is 17.5 Å². The smallest absolute Gasteiger partial charge is 0.314 e. The lowest BCUT2D eigenvalue weighted by Gasteiger charge is -2.27. The molecule has 6 heteroatoms. The number of carbonyl (C=O) groups excluding carboxylic acids is 1. The van der Waals surface area contributed by atoms with Crippen molar-refractivity contribution >= 4 is 39.4 Å². The summed E-state index contributed by atoms with van der Waals surface area (Å²) in [7, 11) is 1.31. The number of aromatic nitrogens is 1. The van der Waals surface area contributed by atoms with Crippen molar-refractivity contribution < 1.29 is 19.1 Å². The maximum atomic E-state index is 12.0. The van der Waals surface area contributed by atoms with E-state index in [9.17, 15) is 9.90 Å². The summed E-state index contributed by atoms with van der Waals surface area (Å²) in [6, 6.07) is 16.6. The van der Waals surface area contributed by atoms with Gasteiger partial charge in [0, 0.05) is 15.8 Å². The summed E-state index contributed by atoms with van der Waals surface area (Å²) in [4.78, 5) is 16.7. The topological polar surface area (TPSA) is 72.6 Å². The van der Waals surface area contributed by atoms with E-state index in [-0.39, 0.29) is 0 Å². The minimum Gasteiger partial charge on any atom is -0.469 e. The Balaban J connectivity index is 1.73. The zero-order valence-corrected chi connectivity index (χ0v) is 17.0. The van der Waals surface area contributed by atoms with Crippen LogP contribution in [0.25, 0.3) is 33.3 Å². The van der Waals surface area contributed by atoms with Crippen molar-refractivity contribution in [1.82, 2.24) is 4.98 Å². The number of aliphatic hydroxyl groups excluding tert-OH is 1. The molecule has 1 unspecified atom stereocenters. The van der Waals surface area contributed by atoms with Gasteiger partial charge in [-0.15, -0.1) is 0 Å². The van der Waals surface area contributed by atoms with Crippen LogP contribution in [-0.2, 0) is 9.53 Å². The fourth-order valence-electron chi connectivity index (χ4n) is 3.38. The molecule has 0 radical (unpaired) electrons. The molecule has 2 aromatic heterocycles. The normalized spacial score (nSPS) is 13.0. The highest BCUT2D eigenvalue weighted by atomic mass is 35.5. The molecule has 0 spiro atoms. The quantitative estimate of drug-likeness (QED) is 0.448. The molecule has 0 aliphatic heterocycles. The number of esters is 1. The predicted octanol–water partition coefficient (Wildman–Crippen LogP) is 5.53. The van der Waals surface area contributed by atoms with E-state index in [1.807, 2.05) is 42.5 Å². The third-order valence-electron chi connectivity index (χ3n) is 5.16. The lowest BCUT2D eigenvalue weighted by Crippen LogP contribution is -2.32. The zero-order chi connectivity index (χ0) is 20.8. The molecule has 0 aliphatic rings. The molecule has 4 rings (SSSR count). The predicted molar refractivity (Wildman–Crippen MR) is 113 cm³/mol. The number of benzene rings is 2. The molecule has 0 bridgehead atoms. The lowest BCUT2D eigenvalue weighted by molar-refractivity contribution is -0.157. The monoisotopic (exact) mass is 409 g/mol. The summed E-state index contributed by atoms with van der Waals surface area (Å²) in [5.41, 5.74) is 1.67. The van der Waals surface area contributed by atoms with E-state index in [1.165, 1.54) is 7.11 Å². The SMILES string of the molecule is COC(=O)C(C)(C)C(O)c1ccc2oc(-c3ccc4ccc(Cl)cc4n3)cc2c1. The van der Waals surface area contributed by atoms with Crippen molar-refractivity contribution in [2.45, 2.75) is 20.0 Å². The van der Waals surface area contributed by atoms with E-state index in [0.717, 1.165) is 16.3 Å². The number of hydrogen-bond acceptors (Lipinski definition) is 5. The average molecular weight is 410 g/mol. The number of pyridine rings is 1. The molecule has 0 amide bonds. The van der Waals surface area contributed by atoms with Crippen molar-refractivity contribution in [2.75, 3.05) is 7.11 Å². The van der Waals surface area contributed by atoms with Gasteiger partial charge in [-0.1, -0.05) is 29.8 Å². The molecule has 1 N–H and O–H groups in total. The number of fused-ring (bicyclic) bond motifs is 2. The second kappa shape index (κ2) is 7.17. The zero-order valence-electron chi connectivity index (χ0n) is 16.3. The summed E-state index contributed by atoms with van der Waals surface area (Å²) in [5.74, 6) is 0.137. The number of ether oxygens (including phenoxy) is 1. The van der Waals surface area contributed by atoms with Crippen molar-refractivity contribution in [2.24, 2.45) is 5.41 Å². The molecule has 0 saturated carbocycles. The molecule has 2 heterocycles. The number of hydrogen-bond donors (Lipinski definition) is 1. The minimum absolute atomic E-state index is 0.475. The molecule has 5 nitrogen and oxygen atoms in total. The van der Waals surface area contributed by atoms with Gasteiger partial charge in [0.1, 0.15) is 11.3 Å². The van der Waals surface area contributed by atoms with Crippen LogP contribution in [0.1, 0.15) is 25.5 Å². The number of furan rings is 1. The van der Waals surface area contributed by atoms with Crippen molar-refractivity contribution in [3.05, 3.63) is 65.2 Å². The Morgan fingerprint density at radius 1 is 1.10 bits per heavy atom. The molecular weight excluding hydrogens is 390 g/mol. The molecule has 0 aliphatic carbocycles. The molecular formula is C23H20ClNO4. The van der Waals surface area contributed by atoms with Gasteiger partial charge in [-0.25, -0.2) is 4.98 Å². The van der Waals surface area contributed by atoms with Crippen LogP contribution in [0, 0.1) is 5.41 Å². The first-order valence-corrected chi connectivity index (χ1v) is 9.54. The third kappa shape index (κ3) is 3.48. The molecule has 0 fully saturated rings. The molecule has 4 aromatic rings. The standard InChI is InChI=1S/C23H20ClNO4/c1-23(2,22(27)28-3)21(26)14-6-9-19-15(10-14)11-20(29-19)17-8-5-13-4-7-16(24)12-18(13)25-17/h4-12,21,26H,1-3H3. The Bertz CT molecular complexity index is 1230. The van der Waals surface area contributed by atoms with Gasteiger partial charge in [0.2, 0.25) is 0 Å². The highest BCUT2D eigenvalue weighted by Gasteiger charge is 2.38. The van der Waals surface area contributed by atoms with Crippen LogP contribution in [0.3, 0.4) is 0 Å². The Morgan fingerprint density at radius 2 is 1.86 bits per heavy atom. The number of halogens is 1. The Hall–Kier alpha value is -2.89. The Labute approximate surface area is 172 Å². The minimum atomic E-state index is -1.08. The summed E-state index contributed by atoms with van der Waals surface area (Å²) in [6.45, 7) is 3.30. The van der Waals surface area contributed by atoms with E-state index in [2.05, 4.69) is 4.98 Å². The van der Waals surface area contributed by atoms with Crippen LogP contribution >= 0.6 is 11.6 Å².